The molecule has 1 N–H and O–H groups in total. The van der Waals surface area contributed by atoms with Crippen LogP contribution in [0.5, 0.6) is 0 Å². The summed E-state index contributed by atoms with van der Waals surface area (Å²) >= 11 is 0. The lowest BCUT2D eigenvalue weighted by Crippen LogP contribution is -2.29. The summed E-state index contributed by atoms with van der Waals surface area (Å²) in [5.41, 5.74) is 2.06. The lowest BCUT2D eigenvalue weighted by atomic mass is 10.1. The second-order valence-electron chi connectivity index (χ2n) is 7.12. The molecule has 2 heterocycles. The normalized spacial score (nSPS) is 18.9. The molecule has 2 fully saturated rings. The molecule has 5 heteroatoms. The zero-order chi connectivity index (χ0) is 16.5. The Kier molecular flexibility index (Phi) is 4.27. The molecular formula is C19H24FN3O. The highest BCUT2D eigenvalue weighted by atomic mass is 19.1. The van der Waals surface area contributed by atoms with E-state index in [9.17, 15) is 9.18 Å². The van der Waals surface area contributed by atoms with E-state index in [1.165, 1.54) is 25.3 Å². The van der Waals surface area contributed by atoms with Gasteiger partial charge in [-0.1, -0.05) is 6.42 Å². The molecule has 24 heavy (non-hydrogen) atoms. The van der Waals surface area contributed by atoms with Crippen molar-refractivity contribution in [1.82, 2.24) is 14.8 Å². The number of aromatic nitrogens is 1. The minimum Gasteiger partial charge on any atom is -0.352 e. The average Bonchev–Trinajstić information content (AvgIpc) is 3.32. The van der Waals surface area contributed by atoms with Gasteiger partial charge in [0.05, 0.1) is 0 Å². The van der Waals surface area contributed by atoms with Gasteiger partial charge in [0.2, 0.25) is 5.91 Å². The van der Waals surface area contributed by atoms with Crippen LogP contribution in [0.3, 0.4) is 0 Å². The summed E-state index contributed by atoms with van der Waals surface area (Å²) < 4.78 is 15.7. The fourth-order valence-electron chi connectivity index (χ4n) is 3.61. The highest BCUT2D eigenvalue weighted by Crippen LogP contribution is 2.25. The zero-order valence-corrected chi connectivity index (χ0v) is 13.9. The Hall–Kier alpha value is -1.88. The van der Waals surface area contributed by atoms with E-state index in [1.54, 1.807) is 12.1 Å². The quantitative estimate of drug-likeness (QED) is 0.915. The van der Waals surface area contributed by atoms with Crippen molar-refractivity contribution in [2.75, 3.05) is 13.1 Å². The van der Waals surface area contributed by atoms with Crippen LogP contribution in [0.25, 0.3) is 10.9 Å². The summed E-state index contributed by atoms with van der Waals surface area (Å²) in [6.45, 7) is 3.34. The van der Waals surface area contributed by atoms with Crippen molar-refractivity contribution in [2.45, 2.75) is 51.2 Å². The molecule has 0 radical (unpaired) electrons. The van der Waals surface area contributed by atoms with Crippen molar-refractivity contribution < 1.29 is 9.18 Å². The number of carbonyl (C=O) groups excluding carboxylic acids is 1. The third-order valence-corrected chi connectivity index (χ3v) is 5.02. The second kappa shape index (κ2) is 6.55. The fraction of sp³-hybridized carbons (Fsp3) is 0.526. The number of halogens is 1. The predicted octanol–water partition coefficient (Wildman–Crippen LogP) is 3.04. The van der Waals surface area contributed by atoms with Crippen LogP contribution in [0.1, 0.15) is 37.7 Å². The maximum Gasteiger partial charge on any atom is 0.240 e. The lowest BCUT2D eigenvalue weighted by Gasteiger charge is -2.26. The SMILES string of the molecule is O=C(Cn1cc(CN2CCCCC2)c2cc(F)ccc21)NC1CC1. The Morgan fingerprint density at radius 2 is 2.00 bits per heavy atom. The highest BCUT2D eigenvalue weighted by Gasteiger charge is 2.23. The van der Waals surface area contributed by atoms with E-state index < -0.39 is 0 Å². The van der Waals surface area contributed by atoms with Gasteiger partial charge < -0.3 is 9.88 Å². The van der Waals surface area contributed by atoms with Gasteiger partial charge in [0, 0.05) is 29.7 Å². The molecule has 0 spiro atoms. The molecular weight excluding hydrogens is 305 g/mol. The van der Waals surface area contributed by atoms with Gasteiger partial charge in [-0.05, 0) is 62.5 Å². The van der Waals surface area contributed by atoms with Gasteiger partial charge in [-0.2, -0.15) is 0 Å². The number of hydrogen-bond acceptors (Lipinski definition) is 2. The largest absolute Gasteiger partial charge is 0.352 e. The number of nitrogens with one attached hydrogen (secondary N) is 1. The molecule has 128 valence electrons. The van der Waals surface area contributed by atoms with Crippen LogP contribution in [0.15, 0.2) is 24.4 Å². The molecule has 0 unspecified atom stereocenters. The van der Waals surface area contributed by atoms with Crippen LogP contribution in [-0.4, -0.2) is 34.5 Å². The van der Waals surface area contributed by atoms with Crippen molar-refractivity contribution in [3.8, 4) is 0 Å². The molecule has 1 aliphatic heterocycles. The van der Waals surface area contributed by atoms with Crippen LogP contribution in [0, 0.1) is 5.82 Å². The Labute approximate surface area is 141 Å². The minimum absolute atomic E-state index is 0.0447. The van der Waals surface area contributed by atoms with Gasteiger partial charge in [0.15, 0.2) is 0 Å². The Morgan fingerprint density at radius 1 is 1.21 bits per heavy atom. The maximum absolute atomic E-state index is 13.7. The third kappa shape index (κ3) is 3.46. The summed E-state index contributed by atoms with van der Waals surface area (Å²) in [5.74, 6) is -0.175. The first-order valence-corrected chi connectivity index (χ1v) is 8.98. The molecule has 1 aromatic carbocycles. The van der Waals surface area contributed by atoms with Crippen LogP contribution in [-0.2, 0) is 17.9 Å². The van der Waals surface area contributed by atoms with Gasteiger partial charge in [-0.25, -0.2) is 4.39 Å². The highest BCUT2D eigenvalue weighted by molar-refractivity contribution is 5.86. The number of hydrogen-bond donors (Lipinski definition) is 1. The number of rotatable bonds is 5. The van der Waals surface area contributed by atoms with Gasteiger partial charge in [-0.3, -0.25) is 9.69 Å². The first-order chi connectivity index (χ1) is 11.7. The molecule has 1 amide bonds. The second-order valence-corrected chi connectivity index (χ2v) is 7.12. The predicted molar refractivity (Wildman–Crippen MR) is 92.2 cm³/mol. The van der Waals surface area contributed by atoms with Gasteiger partial charge in [-0.15, -0.1) is 0 Å². The molecule has 1 saturated heterocycles. The first kappa shape index (κ1) is 15.6. The van der Waals surface area contributed by atoms with Crippen LogP contribution < -0.4 is 5.32 Å². The van der Waals surface area contributed by atoms with E-state index in [-0.39, 0.29) is 11.7 Å². The maximum atomic E-state index is 13.7. The summed E-state index contributed by atoms with van der Waals surface area (Å²) in [6.07, 6.45) is 7.97. The van der Waals surface area contributed by atoms with E-state index in [1.807, 2.05) is 10.8 Å². The lowest BCUT2D eigenvalue weighted by molar-refractivity contribution is -0.121. The summed E-state index contributed by atoms with van der Waals surface area (Å²) in [5, 5.41) is 3.96. The molecule has 4 rings (SSSR count). The van der Waals surface area contributed by atoms with Crippen molar-refractivity contribution in [3.63, 3.8) is 0 Å². The monoisotopic (exact) mass is 329 g/mol. The fourth-order valence-corrected chi connectivity index (χ4v) is 3.61. The standard InChI is InChI=1S/C19H24FN3O/c20-15-4-7-18-17(10-15)14(11-22-8-2-1-3-9-22)12-23(18)13-19(24)21-16-5-6-16/h4,7,10,12,16H,1-3,5-6,8-9,11,13H2,(H,21,24). The average molecular weight is 329 g/mol. The number of fused-ring (bicyclic) bond motifs is 1. The van der Waals surface area contributed by atoms with Gasteiger partial charge >= 0.3 is 0 Å². The van der Waals surface area contributed by atoms with Crippen LogP contribution in [0.4, 0.5) is 4.39 Å². The summed E-state index contributed by atoms with van der Waals surface area (Å²) in [6, 6.07) is 5.23. The smallest absolute Gasteiger partial charge is 0.240 e. The molecule has 2 aliphatic rings. The van der Waals surface area contributed by atoms with E-state index in [0.29, 0.717) is 12.6 Å². The Bertz CT molecular complexity index is 744. The Balaban J connectivity index is 1.59. The van der Waals surface area contributed by atoms with Crippen LogP contribution in [0.2, 0.25) is 0 Å². The number of piperidine rings is 1. The van der Waals surface area contributed by atoms with E-state index >= 15 is 0 Å². The molecule has 0 bridgehead atoms. The Morgan fingerprint density at radius 3 is 2.75 bits per heavy atom. The number of carbonyl (C=O) groups is 1. The van der Waals surface area contributed by atoms with Crippen molar-refractivity contribution in [3.05, 3.63) is 35.8 Å². The van der Waals surface area contributed by atoms with Crippen molar-refractivity contribution in [2.24, 2.45) is 0 Å². The number of amides is 1. The van der Waals surface area contributed by atoms with Gasteiger partial charge in [0.25, 0.3) is 0 Å². The van der Waals surface area contributed by atoms with E-state index in [0.717, 1.165) is 48.9 Å². The van der Waals surface area contributed by atoms with Crippen LogP contribution >= 0.6 is 0 Å². The molecule has 1 aliphatic carbocycles. The molecule has 4 nitrogen and oxygen atoms in total. The molecule has 1 aromatic heterocycles. The van der Waals surface area contributed by atoms with Crippen molar-refractivity contribution >= 4 is 16.8 Å². The molecule has 2 aromatic rings. The third-order valence-electron chi connectivity index (χ3n) is 5.02. The van der Waals surface area contributed by atoms with E-state index in [4.69, 9.17) is 0 Å². The number of benzene rings is 1. The molecule has 1 saturated carbocycles. The summed E-state index contributed by atoms with van der Waals surface area (Å²) in [4.78, 5) is 14.6. The first-order valence-electron chi connectivity index (χ1n) is 8.98. The van der Waals surface area contributed by atoms with Crippen molar-refractivity contribution in [1.29, 1.82) is 0 Å². The zero-order valence-electron chi connectivity index (χ0n) is 13.9. The number of nitrogens with zero attached hydrogens (tertiary/aromatic N) is 2. The number of likely N-dealkylation sites (tertiary alicyclic amines) is 1. The van der Waals surface area contributed by atoms with E-state index in [2.05, 4.69) is 10.2 Å². The summed E-state index contributed by atoms with van der Waals surface area (Å²) in [7, 11) is 0. The molecule has 0 atom stereocenters. The minimum atomic E-state index is -0.220. The van der Waals surface area contributed by atoms with Gasteiger partial charge in [0.1, 0.15) is 12.4 Å². The topological polar surface area (TPSA) is 37.3 Å².